The number of fused-ring (bicyclic) bond motifs is 2. The first-order valence-corrected chi connectivity index (χ1v) is 12.2. The zero-order valence-electron chi connectivity index (χ0n) is 20.0. The Kier molecular flexibility index (Phi) is 7.05. The summed E-state index contributed by atoms with van der Waals surface area (Å²) >= 11 is 0. The number of carbonyl (C=O) groups excluding carboxylic acids is 2. The molecule has 2 aromatic rings. The summed E-state index contributed by atoms with van der Waals surface area (Å²) in [7, 11) is 0. The minimum atomic E-state index is -0.541. The molecule has 0 spiro atoms. The SMILES string of the molecule is CC(C)C1CN(NC(=O)CO)C(C)C2CC[C@@H](C)C2C1OC(=O)c1ccc2ccccc2c1. The van der Waals surface area contributed by atoms with E-state index in [2.05, 4.69) is 33.1 Å². The predicted molar refractivity (Wildman–Crippen MR) is 128 cm³/mol. The molecule has 6 atom stereocenters. The van der Waals surface area contributed by atoms with Crippen molar-refractivity contribution >= 4 is 22.6 Å². The molecule has 4 rings (SSSR count). The molecule has 2 aromatic carbocycles. The number of nitrogens with one attached hydrogen (secondary N) is 1. The van der Waals surface area contributed by atoms with E-state index in [0.29, 0.717) is 23.9 Å². The van der Waals surface area contributed by atoms with E-state index in [1.807, 2.05) is 47.5 Å². The molecule has 2 aliphatic rings. The third kappa shape index (κ3) is 4.78. The van der Waals surface area contributed by atoms with E-state index in [1.165, 1.54) is 0 Å². The van der Waals surface area contributed by atoms with E-state index >= 15 is 0 Å². The first-order chi connectivity index (χ1) is 15.8. The van der Waals surface area contributed by atoms with Crippen LogP contribution in [0.15, 0.2) is 42.5 Å². The zero-order chi connectivity index (χ0) is 23.7. The quantitative estimate of drug-likeness (QED) is 0.670. The van der Waals surface area contributed by atoms with Crippen LogP contribution in [0.5, 0.6) is 0 Å². The highest BCUT2D eigenvalue weighted by atomic mass is 16.5. The van der Waals surface area contributed by atoms with Crippen LogP contribution in [-0.2, 0) is 9.53 Å². The lowest BCUT2D eigenvalue weighted by atomic mass is 9.76. The van der Waals surface area contributed by atoms with Crippen LogP contribution in [0.2, 0.25) is 0 Å². The van der Waals surface area contributed by atoms with Gasteiger partial charge in [-0.15, -0.1) is 0 Å². The summed E-state index contributed by atoms with van der Waals surface area (Å²) in [6.45, 7) is 8.74. The minimum absolute atomic E-state index is 0.0615. The van der Waals surface area contributed by atoms with Crippen LogP contribution in [0.25, 0.3) is 10.8 Å². The number of carbonyl (C=O) groups is 2. The van der Waals surface area contributed by atoms with Crippen molar-refractivity contribution in [2.75, 3.05) is 13.2 Å². The number of rotatable bonds is 5. The summed E-state index contributed by atoms with van der Waals surface area (Å²) in [5.74, 6) is 0.595. The second-order valence-corrected chi connectivity index (χ2v) is 10.2. The molecule has 1 saturated heterocycles. The van der Waals surface area contributed by atoms with Crippen molar-refractivity contribution in [1.82, 2.24) is 10.4 Å². The second-order valence-electron chi connectivity index (χ2n) is 10.2. The van der Waals surface area contributed by atoms with Crippen LogP contribution >= 0.6 is 0 Å². The average molecular weight is 453 g/mol. The van der Waals surface area contributed by atoms with Gasteiger partial charge in [0.25, 0.3) is 5.91 Å². The molecule has 6 nitrogen and oxygen atoms in total. The maximum atomic E-state index is 13.4. The third-order valence-electron chi connectivity index (χ3n) is 7.92. The van der Waals surface area contributed by atoms with Gasteiger partial charge in [-0.2, -0.15) is 0 Å². The van der Waals surface area contributed by atoms with Gasteiger partial charge in [0.05, 0.1) is 5.56 Å². The lowest BCUT2D eigenvalue weighted by Crippen LogP contribution is -2.52. The van der Waals surface area contributed by atoms with Gasteiger partial charge in [0, 0.05) is 24.4 Å². The standard InChI is InChI=1S/C27H36N2O4/c1-16(2)23-14-29(28-24(31)15-30)18(4)22-12-9-17(3)25(22)26(23)33-27(32)21-11-10-19-7-5-6-8-20(19)13-21/h5-8,10-11,13,16-18,22-23,25-26,30H,9,12,14-15H2,1-4H3,(H,28,31)/t17-,18?,22?,23?,25?,26?/m1/s1. The highest BCUT2D eigenvalue weighted by Crippen LogP contribution is 2.48. The smallest absolute Gasteiger partial charge is 0.338 e. The molecule has 2 N–H and O–H groups in total. The number of aliphatic hydroxyl groups is 1. The second kappa shape index (κ2) is 9.82. The van der Waals surface area contributed by atoms with Crippen molar-refractivity contribution in [2.45, 2.75) is 52.7 Å². The molecular formula is C27H36N2O4. The van der Waals surface area contributed by atoms with E-state index in [1.54, 1.807) is 0 Å². The van der Waals surface area contributed by atoms with Gasteiger partial charge in [0.2, 0.25) is 0 Å². The van der Waals surface area contributed by atoms with E-state index in [-0.39, 0.29) is 35.9 Å². The van der Waals surface area contributed by atoms with Gasteiger partial charge in [0.1, 0.15) is 12.7 Å². The number of hydrazine groups is 1. The molecule has 1 saturated carbocycles. The molecule has 1 aliphatic heterocycles. The van der Waals surface area contributed by atoms with Crippen LogP contribution in [0, 0.1) is 29.6 Å². The van der Waals surface area contributed by atoms with Crippen LogP contribution in [0.4, 0.5) is 0 Å². The molecule has 1 aliphatic carbocycles. The summed E-state index contributed by atoms with van der Waals surface area (Å²) in [6, 6.07) is 13.8. The van der Waals surface area contributed by atoms with Gasteiger partial charge in [-0.25, -0.2) is 9.80 Å². The fraction of sp³-hybridized carbons (Fsp3) is 0.556. The van der Waals surface area contributed by atoms with Crippen molar-refractivity contribution in [2.24, 2.45) is 29.6 Å². The predicted octanol–water partition coefficient (Wildman–Crippen LogP) is 4.03. The lowest BCUT2D eigenvalue weighted by Gasteiger charge is -2.35. The Bertz CT molecular complexity index is 1010. The Morgan fingerprint density at radius 3 is 2.55 bits per heavy atom. The van der Waals surface area contributed by atoms with Gasteiger partial charge < -0.3 is 9.84 Å². The summed E-state index contributed by atoms with van der Waals surface area (Å²) in [4.78, 5) is 25.4. The van der Waals surface area contributed by atoms with Crippen molar-refractivity contribution in [1.29, 1.82) is 0 Å². The number of hydrogen-bond acceptors (Lipinski definition) is 5. The summed E-state index contributed by atoms with van der Waals surface area (Å²) in [6.07, 6.45) is 1.88. The van der Waals surface area contributed by atoms with Gasteiger partial charge in [-0.1, -0.05) is 51.1 Å². The van der Waals surface area contributed by atoms with Crippen LogP contribution in [0.1, 0.15) is 50.9 Å². The van der Waals surface area contributed by atoms with E-state index in [4.69, 9.17) is 4.74 Å². The number of aliphatic hydroxyl groups excluding tert-OH is 1. The third-order valence-corrected chi connectivity index (χ3v) is 7.92. The van der Waals surface area contributed by atoms with E-state index in [0.717, 1.165) is 23.6 Å². The Balaban J connectivity index is 1.65. The van der Waals surface area contributed by atoms with Crippen molar-refractivity contribution in [3.63, 3.8) is 0 Å². The van der Waals surface area contributed by atoms with Gasteiger partial charge in [-0.05, 0) is 60.4 Å². The molecule has 0 radical (unpaired) electrons. The first kappa shape index (κ1) is 23.7. The minimum Gasteiger partial charge on any atom is -0.458 e. The number of benzene rings is 2. The number of esters is 1. The number of nitrogens with zero attached hydrogens (tertiary/aromatic N) is 1. The Morgan fingerprint density at radius 2 is 1.85 bits per heavy atom. The number of hydrogen-bond donors (Lipinski definition) is 2. The highest BCUT2D eigenvalue weighted by molar-refractivity contribution is 5.95. The molecule has 2 fully saturated rings. The van der Waals surface area contributed by atoms with E-state index < -0.39 is 12.5 Å². The fourth-order valence-electron chi connectivity index (χ4n) is 6.01. The maximum Gasteiger partial charge on any atom is 0.338 e. The van der Waals surface area contributed by atoms with Crippen molar-refractivity contribution < 1.29 is 19.4 Å². The van der Waals surface area contributed by atoms with Gasteiger partial charge in [0.15, 0.2) is 0 Å². The molecule has 33 heavy (non-hydrogen) atoms. The summed E-state index contributed by atoms with van der Waals surface area (Å²) in [5, 5.41) is 13.4. The van der Waals surface area contributed by atoms with Gasteiger partial charge in [-0.3, -0.25) is 10.2 Å². The molecule has 0 aromatic heterocycles. The van der Waals surface area contributed by atoms with Gasteiger partial charge >= 0.3 is 5.97 Å². The summed E-state index contributed by atoms with van der Waals surface area (Å²) < 4.78 is 6.36. The Labute approximate surface area is 196 Å². The lowest BCUT2D eigenvalue weighted by molar-refractivity contribution is -0.130. The average Bonchev–Trinajstić information content (AvgIpc) is 3.15. The number of ether oxygens (including phenoxy) is 1. The Morgan fingerprint density at radius 1 is 1.12 bits per heavy atom. The monoisotopic (exact) mass is 452 g/mol. The maximum absolute atomic E-state index is 13.4. The molecule has 1 amide bonds. The topological polar surface area (TPSA) is 78.9 Å². The van der Waals surface area contributed by atoms with Crippen LogP contribution < -0.4 is 5.43 Å². The van der Waals surface area contributed by atoms with Crippen molar-refractivity contribution in [3.8, 4) is 0 Å². The highest BCUT2D eigenvalue weighted by Gasteiger charge is 2.51. The zero-order valence-corrected chi connectivity index (χ0v) is 20.0. The molecule has 5 unspecified atom stereocenters. The molecule has 178 valence electrons. The van der Waals surface area contributed by atoms with Crippen LogP contribution in [0.3, 0.4) is 0 Å². The van der Waals surface area contributed by atoms with E-state index in [9.17, 15) is 14.7 Å². The summed E-state index contributed by atoms with van der Waals surface area (Å²) in [5.41, 5.74) is 3.47. The number of amides is 1. The van der Waals surface area contributed by atoms with Crippen LogP contribution in [-0.4, -0.2) is 47.3 Å². The largest absolute Gasteiger partial charge is 0.458 e. The molecule has 1 heterocycles. The molecule has 6 heteroatoms. The van der Waals surface area contributed by atoms with Crippen molar-refractivity contribution in [3.05, 3.63) is 48.0 Å². The normalized spacial score (nSPS) is 30.1. The Hall–Kier alpha value is -2.44. The first-order valence-electron chi connectivity index (χ1n) is 12.2. The molecule has 0 bridgehead atoms. The fourth-order valence-corrected chi connectivity index (χ4v) is 6.01. The molecular weight excluding hydrogens is 416 g/mol.